The van der Waals surface area contributed by atoms with E-state index >= 15 is 0 Å². The molecule has 4 rings (SSSR count). The first-order valence-electron chi connectivity index (χ1n) is 10.9. The molecule has 33 heavy (non-hydrogen) atoms. The molecule has 1 heterocycles. The van der Waals surface area contributed by atoms with Crippen LogP contribution in [0, 0.1) is 19.7 Å². The number of methoxy groups -OCH3 is 2. The highest BCUT2D eigenvalue weighted by Gasteiger charge is 2.34. The molecule has 1 aliphatic rings. The van der Waals surface area contributed by atoms with Crippen molar-refractivity contribution in [2.75, 3.05) is 27.4 Å². The van der Waals surface area contributed by atoms with E-state index in [-0.39, 0.29) is 18.1 Å². The van der Waals surface area contributed by atoms with Crippen LogP contribution < -0.4 is 14.2 Å². The fraction of sp³-hybridized carbons (Fsp3) is 0.296. The number of rotatable bonds is 6. The topological polar surface area (TPSA) is 48.0 Å². The molecule has 0 spiro atoms. The van der Waals surface area contributed by atoms with Crippen LogP contribution in [0.25, 0.3) is 0 Å². The third-order valence-corrected chi connectivity index (χ3v) is 5.97. The van der Waals surface area contributed by atoms with Crippen molar-refractivity contribution >= 4 is 5.91 Å². The highest BCUT2D eigenvalue weighted by Crippen LogP contribution is 2.39. The van der Waals surface area contributed by atoms with Crippen LogP contribution in [0.4, 0.5) is 4.39 Å². The van der Waals surface area contributed by atoms with Crippen LogP contribution in [0.3, 0.4) is 0 Å². The summed E-state index contributed by atoms with van der Waals surface area (Å²) in [6.45, 7) is 4.70. The molecule has 1 atom stereocenters. The summed E-state index contributed by atoms with van der Waals surface area (Å²) in [4.78, 5) is 15.1. The van der Waals surface area contributed by atoms with Crippen LogP contribution in [0.15, 0.2) is 54.6 Å². The Morgan fingerprint density at radius 3 is 2.33 bits per heavy atom. The molecule has 0 N–H and O–H groups in total. The van der Waals surface area contributed by atoms with E-state index in [4.69, 9.17) is 14.2 Å². The van der Waals surface area contributed by atoms with Crippen molar-refractivity contribution in [1.29, 1.82) is 0 Å². The second-order valence-corrected chi connectivity index (χ2v) is 8.28. The Morgan fingerprint density at radius 1 is 1.00 bits per heavy atom. The van der Waals surface area contributed by atoms with Crippen molar-refractivity contribution < 1.29 is 23.4 Å². The van der Waals surface area contributed by atoms with Crippen molar-refractivity contribution in [1.82, 2.24) is 4.90 Å². The molecule has 3 aromatic carbocycles. The number of hydrogen-bond acceptors (Lipinski definition) is 4. The quantitative estimate of drug-likeness (QED) is 0.514. The maximum absolute atomic E-state index is 14.5. The van der Waals surface area contributed by atoms with Gasteiger partial charge in [-0.25, -0.2) is 4.39 Å². The molecule has 1 aliphatic heterocycles. The lowest BCUT2D eigenvalue weighted by Crippen LogP contribution is -2.43. The number of nitrogens with zero attached hydrogens (tertiary/aromatic N) is 1. The van der Waals surface area contributed by atoms with Gasteiger partial charge in [-0.1, -0.05) is 18.2 Å². The predicted molar refractivity (Wildman–Crippen MR) is 125 cm³/mol. The van der Waals surface area contributed by atoms with Gasteiger partial charge in [0.05, 0.1) is 25.8 Å². The molecule has 0 radical (unpaired) electrons. The Hall–Kier alpha value is -3.54. The van der Waals surface area contributed by atoms with E-state index in [0.717, 1.165) is 28.0 Å². The van der Waals surface area contributed by atoms with Gasteiger partial charge in [0.2, 0.25) is 0 Å². The SMILES string of the molecule is COc1cc2c(cc1OC)C(COc1cc(C)cc(C)c1)N(C(=O)c1ccccc1F)CC2. The Labute approximate surface area is 193 Å². The maximum Gasteiger partial charge on any atom is 0.257 e. The minimum Gasteiger partial charge on any atom is -0.493 e. The molecule has 0 aromatic heterocycles. The van der Waals surface area contributed by atoms with Gasteiger partial charge in [0.15, 0.2) is 11.5 Å². The first-order valence-corrected chi connectivity index (χ1v) is 10.9. The number of ether oxygens (including phenoxy) is 3. The maximum atomic E-state index is 14.5. The Kier molecular flexibility index (Phi) is 6.54. The molecular weight excluding hydrogens is 421 g/mol. The Balaban J connectivity index is 1.73. The normalized spacial score (nSPS) is 15.1. The molecule has 0 fully saturated rings. The lowest BCUT2D eigenvalue weighted by atomic mass is 9.91. The zero-order chi connectivity index (χ0) is 23.5. The van der Waals surface area contributed by atoms with E-state index in [1.54, 1.807) is 31.3 Å². The number of fused-ring (bicyclic) bond motifs is 1. The predicted octanol–water partition coefficient (Wildman–Crippen LogP) is 5.28. The zero-order valence-electron chi connectivity index (χ0n) is 19.4. The second-order valence-electron chi connectivity index (χ2n) is 8.28. The lowest BCUT2D eigenvalue weighted by Gasteiger charge is -2.37. The summed E-state index contributed by atoms with van der Waals surface area (Å²) in [6.07, 6.45) is 0.621. The number of carbonyl (C=O) groups excluding carboxylic acids is 1. The van der Waals surface area contributed by atoms with Gasteiger partial charge in [0.1, 0.15) is 18.2 Å². The van der Waals surface area contributed by atoms with Crippen molar-refractivity contribution in [3.63, 3.8) is 0 Å². The number of carbonyl (C=O) groups is 1. The van der Waals surface area contributed by atoms with E-state index in [2.05, 4.69) is 6.07 Å². The van der Waals surface area contributed by atoms with Crippen LogP contribution >= 0.6 is 0 Å². The number of benzene rings is 3. The largest absolute Gasteiger partial charge is 0.493 e. The van der Waals surface area contributed by atoms with Gasteiger partial charge in [0, 0.05) is 6.54 Å². The molecule has 5 nitrogen and oxygen atoms in total. The first kappa shape index (κ1) is 22.6. The van der Waals surface area contributed by atoms with Crippen LogP contribution in [-0.2, 0) is 6.42 Å². The van der Waals surface area contributed by atoms with E-state index in [0.29, 0.717) is 24.5 Å². The van der Waals surface area contributed by atoms with Gasteiger partial charge >= 0.3 is 0 Å². The molecular formula is C27H28FNO4. The lowest BCUT2D eigenvalue weighted by molar-refractivity contribution is 0.0584. The number of amides is 1. The molecule has 1 unspecified atom stereocenters. The molecule has 3 aromatic rings. The smallest absolute Gasteiger partial charge is 0.257 e. The van der Waals surface area contributed by atoms with Crippen molar-refractivity contribution in [3.05, 3.63) is 88.2 Å². The molecule has 0 saturated carbocycles. The fourth-order valence-electron chi connectivity index (χ4n) is 4.43. The van der Waals surface area contributed by atoms with Crippen molar-refractivity contribution in [2.45, 2.75) is 26.3 Å². The summed E-state index contributed by atoms with van der Waals surface area (Å²) in [6, 6.07) is 15.5. The summed E-state index contributed by atoms with van der Waals surface area (Å²) in [5.74, 6) is 1.06. The molecule has 0 bridgehead atoms. The summed E-state index contributed by atoms with van der Waals surface area (Å²) in [7, 11) is 3.18. The third-order valence-electron chi connectivity index (χ3n) is 5.97. The Bertz CT molecular complexity index is 1160. The van der Waals surface area contributed by atoms with Crippen LogP contribution in [-0.4, -0.2) is 38.2 Å². The fourth-order valence-corrected chi connectivity index (χ4v) is 4.43. The van der Waals surface area contributed by atoms with Crippen LogP contribution in [0.1, 0.15) is 38.7 Å². The van der Waals surface area contributed by atoms with Crippen molar-refractivity contribution in [3.8, 4) is 17.2 Å². The van der Waals surface area contributed by atoms with Gasteiger partial charge in [0.25, 0.3) is 5.91 Å². The second kappa shape index (κ2) is 9.53. The van der Waals surface area contributed by atoms with Gasteiger partial charge in [-0.05, 0) is 78.9 Å². The number of halogens is 1. The van der Waals surface area contributed by atoms with Gasteiger partial charge in [-0.3, -0.25) is 4.79 Å². The minimum absolute atomic E-state index is 0.0535. The monoisotopic (exact) mass is 449 g/mol. The minimum atomic E-state index is -0.533. The molecule has 0 aliphatic carbocycles. The molecule has 6 heteroatoms. The van der Waals surface area contributed by atoms with Gasteiger partial charge < -0.3 is 19.1 Å². The van der Waals surface area contributed by atoms with Crippen LogP contribution in [0.5, 0.6) is 17.2 Å². The van der Waals surface area contributed by atoms with E-state index < -0.39 is 11.9 Å². The number of aryl methyl sites for hydroxylation is 2. The third kappa shape index (κ3) is 4.65. The van der Waals surface area contributed by atoms with E-state index in [1.807, 2.05) is 38.1 Å². The molecule has 0 saturated heterocycles. The number of hydrogen-bond donors (Lipinski definition) is 0. The highest BCUT2D eigenvalue weighted by molar-refractivity contribution is 5.95. The summed E-state index contributed by atoms with van der Waals surface area (Å²) < 4.78 is 31.6. The molecule has 1 amide bonds. The van der Waals surface area contributed by atoms with E-state index in [9.17, 15) is 9.18 Å². The average molecular weight is 450 g/mol. The average Bonchev–Trinajstić information content (AvgIpc) is 2.80. The van der Waals surface area contributed by atoms with E-state index in [1.165, 1.54) is 12.1 Å². The highest BCUT2D eigenvalue weighted by atomic mass is 19.1. The van der Waals surface area contributed by atoms with Crippen LogP contribution in [0.2, 0.25) is 0 Å². The standard InChI is InChI=1S/C27H28FNO4/c1-17-11-18(2)13-20(12-17)33-16-24-22-15-26(32-4)25(31-3)14-19(22)9-10-29(24)27(30)21-7-5-6-8-23(21)28/h5-8,11-15,24H,9-10,16H2,1-4H3. The first-order chi connectivity index (χ1) is 15.9. The zero-order valence-corrected chi connectivity index (χ0v) is 19.4. The van der Waals surface area contributed by atoms with Crippen molar-refractivity contribution in [2.24, 2.45) is 0 Å². The Morgan fingerprint density at radius 2 is 1.67 bits per heavy atom. The van der Waals surface area contributed by atoms with Gasteiger partial charge in [-0.2, -0.15) is 0 Å². The van der Waals surface area contributed by atoms with Gasteiger partial charge in [-0.15, -0.1) is 0 Å². The summed E-state index contributed by atoms with van der Waals surface area (Å²) >= 11 is 0. The summed E-state index contributed by atoms with van der Waals surface area (Å²) in [5.41, 5.74) is 4.21. The molecule has 172 valence electrons. The summed E-state index contributed by atoms with van der Waals surface area (Å²) in [5, 5.41) is 0.